The molecule has 0 aliphatic rings. The van der Waals surface area contributed by atoms with Crippen molar-refractivity contribution >= 4 is 39.3 Å². The molecule has 0 aromatic heterocycles. The minimum Gasteiger partial charge on any atom is -0.397 e. The van der Waals surface area contributed by atoms with E-state index in [0.29, 0.717) is 11.3 Å². The number of carbonyl (C=O) groups excluding carboxylic acids is 1. The molecule has 92 valence electrons. The molecule has 4 N–H and O–H groups in total. The Kier molecular flexibility index (Phi) is 3.93. The fourth-order valence-corrected chi connectivity index (χ4v) is 2.63. The third-order valence-corrected chi connectivity index (χ3v) is 3.99. The molecule has 0 unspecified atom stereocenters. The summed E-state index contributed by atoms with van der Waals surface area (Å²) in [6.45, 7) is 0. The summed E-state index contributed by atoms with van der Waals surface area (Å²) in [5.74, 6) is -0.509. The normalized spacial score (nSPS) is 10.3. The molecule has 2 aromatic carbocycles. The number of para-hydroxylation sites is 1. The Hall–Kier alpha value is -1.46. The van der Waals surface area contributed by atoms with Crippen molar-refractivity contribution in [1.29, 1.82) is 0 Å². The van der Waals surface area contributed by atoms with Crippen molar-refractivity contribution in [3.05, 3.63) is 52.5 Å². The first kappa shape index (κ1) is 13.0. The van der Waals surface area contributed by atoms with E-state index in [0.717, 1.165) is 14.3 Å². The number of hydrogen-bond donors (Lipinski definition) is 2. The van der Waals surface area contributed by atoms with Gasteiger partial charge in [0.1, 0.15) is 0 Å². The van der Waals surface area contributed by atoms with Crippen LogP contribution in [-0.4, -0.2) is 5.91 Å². The first-order valence-corrected chi connectivity index (χ1v) is 6.80. The molecule has 0 saturated heterocycles. The van der Waals surface area contributed by atoms with Crippen molar-refractivity contribution in [1.82, 2.24) is 0 Å². The fourth-order valence-electron chi connectivity index (χ4n) is 1.48. The van der Waals surface area contributed by atoms with Gasteiger partial charge in [-0.15, -0.1) is 0 Å². The maximum atomic E-state index is 11.2. The van der Waals surface area contributed by atoms with E-state index in [9.17, 15) is 4.79 Å². The first-order chi connectivity index (χ1) is 8.58. The molecule has 3 nitrogen and oxygen atoms in total. The van der Waals surface area contributed by atoms with Gasteiger partial charge in [-0.3, -0.25) is 4.79 Å². The summed E-state index contributed by atoms with van der Waals surface area (Å²) < 4.78 is 1.02. The SMILES string of the molecule is NC(=O)c1cccc(Sc2ccc(Br)cc2)c1N. The molecule has 1 amide bonds. The Bertz CT molecular complexity index is 584. The van der Waals surface area contributed by atoms with Crippen LogP contribution in [0.1, 0.15) is 10.4 Å². The van der Waals surface area contributed by atoms with Gasteiger partial charge >= 0.3 is 0 Å². The molecule has 2 rings (SSSR count). The highest BCUT2D eigenvalue weighted by atomic mass is 79.9. The molecule has 0 heterocycles. The van der Waals surface area contributed by atoms with Crippen molar-refractivity contribution < 1.29 is 4.79 Å². The Morgan fingerprint density at radius 3 is 2.39 bits per heavy atom. The zero-order chi connectivity index (χ0) is 13.1. The number of nitrogens with two attached hydrogens (primary N) is 2. The van der Waals surface area contributed by atoms with Crippen molar-refractivity contribution in [2.24, 2.45) is 5.73 Å². The van der Waals surface area contributed by atoms with Gasteiger partial charge in [0.25, 0.3) is 5.91 Å². The molecule has 0 aliphatic heterocycles. The van der Waals surface area contributed by atoms with E-state index in [1.165, 1.54) is 11.8 Å². The lowest BCUT2D eigenvalue weighted by atomic mass is 10.2. The van der Waals surface area contributed by atoms with Crippen LogP contribution in [0.5, 0.6) is 0 Å². The van der Waals surface area contributed by atoms with Crippen LogP contribution in [-0.2, 0) is 0 Å². The minimum absolute atomic E-state index is 0.358. The molecule has 5 heteroatoms. The molecule has 0 saturated carbocycles. The van der Waals surface area contributed by atoms with E-state index in [1.54, 1.807) is 12.1 Å². The standard InChI is InChI=1S/C13H11BrN2OS/c14-8-4-6-9(7-5-8)18-11-3-1-2-10(12(11)15)13(16)17/h1-7H,15H2,(H2,16,17). The zero-order valence-electron chi connectivity index (χ0n) is 9.39. The number of benzene rings is 2. The average molecular weight is 323 g/mol. The highest BCUT2D eigenvalue weighted by Gasteiger charge is 2.10. The number of hydrogen-bond acceptors (Lipinski definition) is 3. The molecular formula is C13H11BrN2OS. The summed E-state index contributed by atoms with van der Waals surface area (Å²) in [7, 11) is 0. The van der Waals surface area contributed by atoms with Crippen LogP contribution >= 0.6 is 27.7 Å². The van der Waals surface area contributed by atoms with Crippen LogP contribution in [0.3, 0.4) is 0 Å². The molecule has 0 aliphatic carbocycles. The summed E-state index contributed by atoms with van der Waals surface area (Å²) in [5.41, 5.74) is 12.0. The molecule has 0 fully saturated rings. The van der Waals surface area contributed by atoms with Gasteiger partial charge < -0.3 is 11.5 Å². The molecule has 2 aromatic rings. The third kappa shape index (κ3) is 2.86. The number of halogens is 1. The molecule has 18 heavy (non-hydrogen) atoms. The second-order valence-electron chi connectivity index (χ2n) is 3.64. The summed E-state index contributed by atoms with van der Waals surface area (Å²) in [6.07, 6.45) is 0. The maximum Gasteiger partial charge on any atom is 0.250 e. The van der Waals surface area contributed by atoms with Gasteiger partial charge in [-0.05, 0) is 36.4 Å². The smallest absolute Gasteiger partial charge is 0.250 e. The van der Waals surface area contributed by atoms with E-state index >= 15 is 0 Å². The van der Waals surface area contributed by atoms with Crippen LogP contribution in [0.25, 0.3) is 0 Å². The van der Waals surface area contributed by atoms with Gasteiger partial charge in [0.2, 0.25) is 0 Å². The summed E-state index contributed by atoms with van der Waals surface area (Å²) in [4.78, 5) is 13.1. The number of primary amides is 1. The lowest BCUT2D eigenvalue weighted by molar-refractivity contribution is 0.100. The summed E-state index contributed by atoms with van der Waals surface area (Å²) >= 11 is 4.88. The van der Waals surface area contributed by atoms with Gasteiger partial charge in [-0.1, -0.05) is 33.8 Å². The quantitative estimate of drug-likeness (QED) is 0.852. The van der Waals surface area contributed by atoms with Crippen LogP contribution in [0.2, 0.25) is 0 Å². The number of nitrogen functional groups attached to an aromatic ring is 1. The van der Waals surface area contributed by atoms with Crippen LogP contribution in [0, 0.1) is 0 Å². The van der Waals surface area contributed by atoms with Gasteiger partial charge in [-0.2, -0.15) is 0 Å². The number of rotatable bonds is 3. The molecule has 0 radical (unpaired) electrons. The van der Waals surface area contributed by atoms with Gasteiger partial charge in [0, 0.05) is 14.3 Å². The number of anilines is 1. The lowest BCUT2D eigenvalue weighted by Crippen LogP contribution is -2.13. The Morgan fingerprint density at radius 2 is 1.78 bits per heavy atom. The lowest BCUT2D eigenvalue weighted by Gasteiger charge is -2.08. The average Bonchev–Trinajstić information content (AvgIpc) is 2.34. The van der Waals surface area contributed by atoms with E-state index < -0.39 is 5.91 Å². The second-order valence-corrected chi connectivity index (χ2v) is 5.67. The largest absolute Gasteiger partial charge is 0.397 e. The monoisotopic (exact) mass is 322 g/mol. The molecule has 0 bridgehead atoms. The summed E-state index contributed by atoms with van der Waals surface area (Å²) in [5, 5.41) is 0. The van der Waals surface area contributed by atoms with Crippen molar-refractivity contribution in [2.45, 2.75) is 9.79 Å². The first-order valence-electron chi connectivity index (χ1n) is 5.19. The van der Waals surface area contributed by atoms with Gasteiger partial charge in [-0.25, -0.2) is 0 Å². The Balaban J connectivity index is 2.32. The second kappa shape index (κ2) is 5.46. The van der Waals surface area contributed by atoms with Crippen LogP contribution in [0.15, 0.2) is 56.7 Å². The van der Waals surface area contributed by atoms with Crippen molar-refractivity contribution in [2.75, 3.05) is 5.73 Å². The minimum atomic E-state index is -0.509. The number of carbonyl (C=O) groups is 1. The molecule has 0 atom stereocenters. The van der Waals surface area contributed by atoms with E-state index in [-0.39, 0.29) is 0 Å². The third-order valence-electron chi connectivity index (χ3n) is 2.37. The van der Waals surface area contributed by atoms with Gasteiger partial charge in [0.05, 0.1) is 11.3 Å². The predicted octanol–water partition coefficient (Wildman–Crippen LogP) is 3.28. The van der Waals surface area contributed by atoms with Gasteiger partial charge in [0.15, 0.2) is 0 Å². The topological polar surface area (TPSA) is 69.1 Å². The van der Waals surface area contributed by atoms with E-state index in [4.69, 9.17) is 11.5 Å². The highest BCUT2D eigenvalue weighted by Crippen LogP contribution is 2.34. The van der Waals surface area contributed by atoms with Crippen LogP contribution < -0.4 is 11.5 Å². The van der Waals surface area contributed by atoms with E-state index in [1.807, 2.05) is 30.3 Å². The summed E-state index contributed by atoms with van der Waals surface area (Å²) in [6, 6.07) is 13.1. The Morgan fingerprint density at radius 1 is 1.11 bits per heavy atom. The fraction of sp³-hybridized carbons (Fsp3) is 0. The van der Waals surface area contributed by atoms with E-state index in [2.05, 4.69) is 15.9 Å². The maximum absolute atomic E-state index is 11.2. The highest BCUT2D eigenvalue weighted by molar-refractivity contribution is 9.10. The number of amides is 1. The predicted molar refractivity (Wildman–Crippen MR) is 77.6 cm³/mol. The van der Waals surface area contributed by atoms with Crippen molar-refractivity contribution in [3.63, 3.8) is 0 Å². The molecule has 0 spiro atoms. The molecular weight excluding hydrogens is 312 g/mol. The van der Waals surface area contributed by atoms with Crippen molar-refractivity contribution in [3.8, 4) is 0 Å². The van der Waals surface area contributed by atoms with Crippen LogP contribution in [0.4, 0.5) is 5.69 Å². The Labute approximate surface area is 118 Å². The zero-order valence-corrected chi connectivity index (χ0v) is 11.8.